The monoisotopic (exact) mass is 370 g/mol. The van der Waals surface area contributed by atoms with E-state index in [-0.39, 0.29) is 24.3 Å². The average Bonchev–Trinajstić information content (AvgIpc) is 2.55. The first kappa shape index (κ1) is 19.7. The van der Waals surface area contributed by atoms with Crippen molar-refractivity contribution in [2.75, 3.05) is 11.4 Å². The number of carbonyl (C=O) groups is 1. The van der Waals surface area contributed by atoms with Gasteiger partial charge in [0.15, 0.2) is 0 Å². The van der Waals surface area contributed by atoms with Gasteiger partial charge in [-0.25, -0.2) is 8.78 Å². The highest BCUT2D eigenvalue weighted by molar-refractivity contribution is 5.97. The van der Waals surface area contributed by atoms with E-state index in [4.69, 9.17) is 5.73 Å². The maximum absolute atomic E-state index is 13.3. The maximum Gasteiger partial charge on any atom is 0.387 e. The van der Waals surface area contributed by atoms with E-state index in [1.165, 1.54) is 29.2 Å². The molecular weight excluding hydrogens is 352 g/mol. The number of hydrogen-bond donors (Lipinski definition) is 1. The molecule has 0 spiro atoms. The highest BCUT2D eigenvalue weighted by Crippen LogP contribution is 2.22. The lowest BCUT2D eigenvalue weighted by molar-refractivity contribution is -0.119. The van der Waals surface area contributed by atoms with Crippen LogP contribution in [0, 0.1) is 11.6 Å². The van der Waals surface area contributed by atoms with Crippen LogP contribution in [0.1, 0.15) is 12.5 Å². The molecule has 8 heteroatoms. The molecule has 0 fully saturated rings. The van der Waals surface area contributed by atoms with Crippen LogP contribution >= 0.6 is 0 Å². The predicted octanol–water partition coefficient (Wildman–Crippen LogP) is 3.49. The first-order valence-electron chi connectivity index (χ1n) is 7.87. The summed E-state index contributed by atoms with van der Waals surface area (Å²) in [4.78, 5) is 13.9. The van der Waals surface area contributed by atoms with Crippen molar-refractivity contribution in [3.05, 3.63) is 59.7 Å². The van der Waals surface area contributed by atoms with Crippen LogP contribution in [0.4, 0.5) is 23.2 Å². The van der Waals surface area contributed by atoms with Gasteiger partial charge in [-0.15, -0.1) is 0 Å². The van der Waals surface area contributed by atoms with Crippen LogP contribution in [0.15, 0.2) is 42.5 Å². The van der Waals surface area contributed by atoms with Gasteiger partial charge in [-0.05, 0) is 55.3 Å². The molecule has 0 saturated carbocycles. The van der Waals surface area contributed by atoms with Gasteiger partial charge >= 0.3 is 6.61 Å². The van der Waals surface area contributed by atoms with Gasteiger partial charge in [-0.2, -0.15) is 8.78 Å². The minimum absolute atomic E-state index is 0.0354. The molecule has 0 bridgehead atoms. The number of halogens is 4. The summed E-state index contributed by atoms with van der Waals surface area (Å²) in [5.41, 5.74) is 6.61. The van der Waals surface area contributed by atoms with Crippen LogP contribution in [0.2, 0.25) is 0 Å². The SMILES string of the molecule is CCN(C(=O)C(N)Cc1cc(F)cc(F)c1)c1ccc(OC(F)F)cc1. The quantitative estimate of drug-likeness (QED) is 0.759. The normalized spacial score (nSPS) is 12.1. The second kappa shape index (κ2) is 8.66. The fourth-order valence-corrected chi connectivity index (χ4v) is 2.54. The van der Waals surface area contributed by atoms with E-state index in [1.807, 2.05) is 0 Å². The number of carbonyl (C=O) groups excluding carboxylic acids is 1. The molecule has 26 heavy (non-hydrogen) atoms. The Balaban J connectivity index is 2.11. The Morgan fingerprint density at radius 2 is 1.69 bits per heavy atom. The number of alkyl halides is 2. The molecule has 2 N–H and O–H groups in total. The third-order valence-electron chi connectivity index (χ3n) is 3.65. The number of ether oxygens (including phenoxy) is 1. The fraction of sp³-hybridized carbons (Fsp3) is 0.278. The molecule has 0 heterocycles. The number of anilines is 1. The molecule has 0 aliphatic carbocycles. The first-order valence-corrected chi connectivity index (χ1v) is 7.87. The minimum atomic E-state index is -2.94. The Morgan fingerprint density at radius 3 is 2.19 bits per heavy atom. The second-order valence-electron chi connectivity index (χ2n) is 5.54. The van der Waals surface area contributed by atoms with Crippen molar-refractivity contribution >= 4 is 11.6 Å². The summed E-state index contributed by atoms with van der Waals surface area (Å²) >= 11 is 0. The lowest BCUT2D eigenvalue weighted by Crippen LogP contribution is -2.45. The zero-order chi connectivity index (χ0) is 19.3. The maximum atomic E-state index is 13.3. The molecule has 2 rings (SSSR count). The zero-order valence-corrected chi connectivity index (χ0v) is 14.0. The summed E-state index contributed by atoms with van der Waals surface area (Å²) in [6, 6.07) is 7.47. The molecule has 0 saturated heterocycles. The van der Waals surface area contributed by atoms with Gasteiger partial charge in [-0.1, -0.05) is 0 Å². The summed E-state index contributed by atoms with van der Waals surface area (Å²) in [5.74, 6) is -1.99. The Morgan fingerprint density at radius 1 is 1.12 bits per heavy atom. The fourth-order valence-electron chi connectivity index (χ4n) is 2.54. The molecule has 140 valence electrons. The van der Waals surface area contributed by atoms with Crippen molar-refractivity contribution in [2.45, 2.75) is 26.0 Å². The number of benzene rings is 2. The summed E-state index contributed by atoms with van der Waals surface area (Å²) < 4.78 is 55.1. The van der Waals surface area contributed by atoms with E-state index in [0.717, 1.165) is 18.2 Å². The van der Waals surface area contributed by atoms with Crippen LogP contribution in [-0.2, 0) is 11.2 Å². The number of rotatable bonds is 7. The highest BCUT2D eigenvalue weighted by Gasteiger charge is 2.22. The van der Waals surface area contributed by atoms with Crippen molar-refractivity contribution in [3.8, 4) is 5.75 Å². The van der Waals surface area contributed by atoms with E-state index in [9.17, 15) is 22.4 Å². The molecular formula is C18H18F4N2O2. The first-order chi connectivity index (χ1) is 12.3. The van der Waals surface area contributed by atoms with E-state index in [1.54, 1.807) is 6.92 Å². The van der Waals surface area contributed by atoms with Gasteiger partial charge < -0.3 is 15.4 Å². The minimum Gasteiger partial charge on any atom is -0.435 e. The molecule has 1 unspecified atom stereocenters. The second-order valence-corrected chi connectivity index (χ2v) is 5.54. The number of likely N-dealkylation sites (N-methyl/N-ethyl adjacent to an activating group) is 1. The Bertz CT molecular complexity index is 733. The van der Waals surface area contributed by atoms with Crippen molar-refractivity contribution < 1.29 is 27.1 Å². The topological polar surface area (TPSA) is 55.6 Å². The van der Waals surface area contributed by atoms with Gasteiger partial charge in [0.1, 0.15) is 17.4 Å². The predicted molar refractivity (Wildman–Crippen MR) is 89.1 cm³/mol. The van der Waals surface area contributed by atoms with E-state index in [0.29, 0.717) is 5.69 Å². The van der Waals surface area contributed by atoms with Gasteiger partial charge in [0, 0.05) is 18.3 Å². The highest BCUT2D eigenvalue weighted by atomic mass is 19.3. The van der Waals surface area contributed by atoms with Gasteiger partial charge in [-0.3, -0.25) is 4.79 Å². The number of hydrogen-bond acceptors (Lipinski definition) is 3. The molecule has 2 aromatic rings. The third kappa shape index (κ3) is 5.19. The molecule has 0 radical (unpaired) electrons. The van der Waals surface area contributed by atoms with Crippen molar-refractivity contribution in [1.82, 2.24) is 0 Å². The summed E-state index contributed by atoms with van der Waals surface area (Å²) in [6.07, 6.45) is -0.0450. The van der Waals surface area contributed by atoms with Crippen LogP contribution < -0.4 is 15.4 Å². The van der Waals surface area contributed by atoms with E-state index >= 15 is 0 Å². The van der Waals surface area contributed by atoms with Crippen LogP contribution in [0.25, 0.3) is 0 Å². The molecule has 1 atom stereocenters. The molecule has 1 amide bonds. The van der Waals surface area contributed by atoms with Gasteiger partial charge in [0.2, 0.25) is 5.91 Å². The van der Waals surface area contributed by atoms with Crippen molar-refractivity contribution in [2.24, 2.45) is 5.73 Å². The molecule has 2 aromatic carbocycles. The van der Waals surface area contributed by atoms with Gasteiger partial charge in [0.25, 0.3) is 0 Å². The molecule has 0 aromatic heterocycles. The smallest absolute Gasteiger partial charge is 0.387 e. The Hall–Kier alpha value is -2.61. The van der Waals surface area contributed by atoms with E-state index < -0.39 is 30.2 Å². The lowest BCUT2D eigenvalue weighted by Gasteiger charge is -2.25. The zero-order valence-electron chi connectivity index (χ0n) is 14.0. The Kier molecular flexibility index (Phi) is 6.57. The van der Waals surface area contributed by atoms with Gasteiger partial charge in [0.05, 0.1) is 6.04 Å². The largest absolute Gasteiger partial charge is 0.435 e. The summed E-state index contributed by atoms with van der Waals surface area (Å²) in [5, 5.41) is 0. The van der Waals surface area contributed by atoms with Crippen LogP contribution in [0.5, 0.6) is 5.75 Å². The molecule has 0 aliphatic heterocycles. The average molecular weight is 370 g/mol. The van der Waals surface area contributed by atoms with E-state index in [2.05, 4.69) is 4.74 Å². The molecule has 4 nitrogen and oxygen atoms in total. The van der Waals surface area contributed by atoms with Crippen molar-refractivity contribution in [1.29, 1.82) is 0 Å². The lowest BCUT2D eigenvalue weighted by atomic mass is 10.0. The summed E-state index contributed by atoms with van der Waals surface area (Å²) in [7, 11) is 0. The number of nitrogens with zero attached hydrogens (tertiary/aromatic N) is 1. The van der Waals surface area contributed by atoms with Crippen LogP contribution in [0.3, 0.4) is 0 Å². The van der Waals surface area contributed by atoms with Crippen LogP contribution in [-0.4, -0.2) is 25.1 Å². The number of amides is 1. The molecule has 0 aliphatic rings. The Labute approximate surface area is 148 Å². The standard InChI is InChI=1S/C18H18F4N2O2/c1-2-24(14-3-5-15(6-4-14)26-18(21)22)17(25)16(23)9-11-7-12(19)10-13(20)8-11/h3-8,10,16,18H,2,9,23H2,1H3. The van der Waals surface area contributed by atoms with Crippen molar-refractivity contribution in [3.63, 3.8) is 0 Å². The number of nitrogens with two attached hydrogens (primary N) is 1. The third-order valence-corrected chi connectivity index (χ3v) is 3.65. The summed E-state index contributed by atoms with van der Waals surface area (Å²) in [6.45, 7) is -0.945.